The van der Waals surface area contributed by atoms with Gasteiger partial charge in [0.1, 0.15) is 11.4 Å². The quantitative estimate of drug-likeness (QED) is 0.812. The summed E-state index contributed by atoms with van der Waals surface area (Å²) < 4.78 is 18.9. The topological polar surface area (TPSA) is 58.6 Å². The molecule has 2 N–H and O–H groups in total. The van der Waals surface area contributed by atoms with E-state index in [0.717, 1.165) is 25.7 Å². The van der Waals surface area contributed by atoms with Gasteiger partial charge in [0.15, 0.2) is 6.10 Å². The summed E-state index contributed by atoms with van der Waals surface area (Å²) in [5.74, 6) is -0.509. The molecule has 1 saturated heterocycles. The van der Waals surface area contributed by atoms with Crippen LogP contribution < -0.4 is 5.32 Å². The number of hydrogen-bond donors (Lipinski definition) is 2. The second-order valence-electron chi connectivity index (χ2n) is 5.86. The number of alkyl carbamates (subject to hydrolysis) is 1. The van der Waals surface area contributed by atoms with Crippen molar-refractivity contribution in [3.8, 4) is 0 Å². The summed E-state index contributed by atoms with van der Waals surface area (Å²) in [5, 5.41) is 14.0. The number of aliphatic hydroxyl groups is 1. The zero-order valence-electron chi connectivity index (χ0n) is 13.1. The van der Waals surface area contributed by atoms with E-state index >= 15 is 0 Å². The molecule has 3 unspecified atom stereocenters. The van der Waals surface area contributed by atoms with Gasteiger partial charge in [0.2, 0.25) is 0 Å². The first kappa shape index (κ1) is 16.7. The molecule has 1 aliphatic rings. The fourth-order valence-corrected chi connectivity index (χ4v) is 3.24. The molecule has 2 rings (SSSR count). The molecule has 22 heavy (non-hydrogen) atoms. The molecule has 4 nitrogen and oxygen atoms in total. The Labute approximate surface area is 130 Å². The average Bonchev–Trinajstić information content (AvgIpc) is 2.94. The number of hydrogen-bond acceptors (Lipinski definition) is 3. The van der Waals surface area contributed by atoms with Gasteiger partial charge >= 0.3 is 6.09 Å². The van der Waals surface area contributed by atoms with Crippen LogP contribution in [0.5, 0.6) is 0 Å². The van der Waals surface area contributed by atoms with Gasteiger partial charge in [-0.1, -0.05) is 45.2 Å². The highest BCUT2D eigenvalue weighted by Crippen LogP contribution is 2.40. The lowest BCUT2D eigenvalue weighted by molar-refractivity contribution is -0.111. The molecular weight excluding hydrogens is 285 g/mol. The van der Waals surface area contributed by atoms with E-state index in [1.54, 1.807) is 12.1 Å². The van der Waals surface area contributed by atoms with Crippen LogP contribution in [0, 0.1) is 11.7 Å². The summed E-state index contributed by atoms with van der Waals surface area (Å²) in [7, 11) is 0. The zero-order chi connectivity index (χ0) is 16.2. The highest BCUT2D eigenvalue weighted by atomic mass is 19.1. The first-order valence-corrected chi connectivity index (χ1v) is 7.95. The Morgan fingerprint density at radius 3 is 2.82 bits per heavy atom. The Balaban J connectivity index is 2.40. The van der Waals surface area contributed by atoms with Crippen LogP contribution in [0.15, 0.2) is 24.3 Å². The first-order chi connectivity index (χ1) is 10.5. The van der Waals surface area contributed by atoms with E-state index < -0.39 is 23.6 Å². The Morgan fingerprint density at radius 2 is 2.27 bits per heavy atom. The molecule has 1 fully saturated rings. The van der Waals surface area contributed by atoms with E-state index in [-0.39, 0.29) is 12.5 Å². The van der Waals surface area contributed by atoms with Crippen molar-refractivity contribution in [2.24, 2.45) is 5.92 Å². The highest BCUT2D eigenvalue weighted by molar-refractivity contribution is 5.69. The van der Waals surface area contributed by atoms with Crippen LogP contribution in [0.2, 0.25) is 0 Å². The molecule has 0 bridgehead atoms. The fourth-order valence-electron chi connectivity index (χ4n) is 3.24. The minimum absolute atomic E-state index is 0.105. The van der Waals surface area contributed by atoms with E-state index in [4.69, 9.17) is 4.74 Å². The monoisotopic (exact) mass is 309 g/mol. The summed E-state index contributed by atoms with van der Waals surface area (Å²) >= 11 is 0. The van der Waals surface area contributed by atoms with Crippen LogP contribution in [-0.4, -0.2) is 23.8 Å². The molecule has 1 amide bonds. The minimum atomic E-state index is -1.38. The molecule has 0 aliphatic carbocycles. The second kappa shape index (κ2) is 7.09. The number of nitrogens with one attached hydrogen (secondary N) is 1. The number of unbranched alkanes of at least 4 members (excludes halogenated alkanes) is 1. The smallest absolute Gasteiger partial charge is 0.407 e. The molecule has 1 aromatic rings. The molecule has 1 aliphatic heterocycles. The van der Waals surface area contributed by atoms with Gasteiger partial charge in [-0.25, -0.2) is 9.18 Å². The van der Waals surface area contributed by atoms with Crippen LogP contribution in [0.25, 0.3) is 0 Å². The first-order valence-electron chi connectivity index (χ1n) is 7.95. The minimum Gasteiger partial charge on any atom is -0.441 e. The molecule has 1 heterocycles. The fraction of sp³-hybridized carbons (Fsp3) is 0.588. The molecular formula is C17H24FNO3. The van der Waals surface area contributed by atoms with Crippen molar-refractivity contribution < 1.29 is 19.0 Å². The Kier molecular flexibility index (Phi) is 5.40. The van der Waals surface area contributed by atoms with Crippen molar-refractivity contribution in [1.82, 2.24) is 5.32 Å². The predicted molar refractivity (Wildman–Crippen MR) is 81.9 cm³/mol. The number of carbonyl (C=O) groups excluding carboxylic acids is 1. The van der Waals surface area contributed by atoms with Gasteiger partial charge in [-0.15, -0.1) is 0 Å². The predicted octanol–water partition coefficient (Wildman–Crippen LogP) is 3.34. The third kappa shape index (κ3) is 3.24. The highest BCUT2D eigenvalue weighted by Gasteiger charge is 2.49. The third-order valence-electron chi connectivity index (χ3n) is 4.48. The standard InChI is InChI=1S/C17H24FNO3/c1-3-5-7-12(4-2)17(21,15-11-19-16(20)22-15)13-8-6-9-14(18)10-13/h6,8-10,12,15,21H,3-5,7,11H2,1-2H3,(H,19,20). The lowest BCUT2D eigenvalue weighted by atomic mass is 9.73. The number of rotatable bonds is 7. The SMILES string of the molecule is CCCCC(CC)C(O)(c1cccc(F)c1)C1CNC(=O)O1. The van der Waals surface area contributed by atoms with Crippen molar-refractivity contribution >= 4 is 6.09 Å². The van der Waals surface area contributed by atoms with Crippen molar-refractivity contribution in [1.29, 1.82) is 0 Å². The van der Waals surface area contributed by atoms with Crippen LogP contribution in [0.4, 0.5) is 9.18 Å². The number of cyclic esters (lactones) is 1. The van der Waals surface area contributed by atoms with Crippen LogP contribution >= 0.6 is 0 Å². The van der Waals surface area contributed by atoms with Gasteiger partial charge in [-0.2, -0.15) is 0 Å². The van der Waals surface area contributed by atoms with E-state index in [9.17, 15) is 14.3 Å². The number of halogens is 1. The number of ether oxygens (including phenoxy) is 1. The molecule has 0 radical (unpaired) electrons. The van der Waals surface area contributed by atoms with Gasteiger partial charge < -0.3 is 15.2 Å². The van der Waals surface area contributed by atoms with Gasteiger partial charge in [0.05, 0.1) is 6.54 Å². The number of benzene rings is 1. The number of carbonyl (C=O) groups is 1. The summed E-state index contributed by atoms with van der Waals surface area (Å²) in [6.07, 6.45) is 2.26. The molecule has 0 saturated carbocycles. The van der Waals surface area contributed by atoms with E-state index in [2.05, 4.69) is 12.2 Å². The maximum absolute atomic E-state index is 13.6. The molecule has 3 atom stereocenters. The van der Waals surface area contributed by atoms with Gasteiger partial charge in [-0.05, 0) is 30.0 Å². The molecule has 0 spiro atoms. The second-order valence-corrected chi connectivity index (χ2v) is 5.86. The Morgan fingerprint density at radius 1 is 1.50 bits per heavy atom. The maximum Gasteiger partial charge on any atom is 0.407 e. The lowest BCUT2D eigenvalue weighted by Crippen LogP contribution is -2.48. The summed E-state index contributed by atoms with van der Waals surface area (Å²) in [4.78, 5) is 11.4. The van der Waals surface area contributed by atoms with E-state index in [1.807, 2.05) is 6.92 Å². The summed E-state index contributed by atoms with van der Waals surface area (Å²) in [6.45, 7) is 4.31. The van der Waals surface area contributed by atoms with Crippen molar-refractivity contribution in [3.05, 3.63) is 35.6 Å². The van der Waals surface area contributed by atoms with Crippen LogP contribution in [-0.2, 0) is 10.3 Å². The molecule has 122 valence electrons. The molecule has 1 aromatic carbocycles. The largest absolute Gasteiger partial charge is 0.441 e. The van der Waals surface area contributed by atoms with Gasteiger partial charge in [0, 0.05) is 0 Å². The van der Waals surface area contributed by atoms with Crippen molar-refractivity contribution in [2.45, 2.75) is 51.2 Å². The summed E-state index contributed by atoms with van der Waals surface area (Å²) in [5.41, 5.74) is -0.914. The Bertz CT molecular complexity index is 522. The zero-order valence-corrected chi connectivity index (χ0v) is 13.1. The average molecular weight is 309 g/mol. The molecule has 0 aromatic heterocycles. The van der Waals surface area contributed by atoms with Crippen molar-refractivity contribution in [3.63, 3.8) is 0 Å². The van der Waals surface area contributed by atoms with Gasteiger partial charge in [-0.3, -0.25) is 0 Å². The summed E-state index contributed by atoms with van der Waals surface area (Å²) in [6, 6.07) is 5.95. The Hall–Kier alpha value is -1.62. The molecule has 5 heteroatoms. The number of amides is 1. The lowest BCUT2D eigenvalue weighted by Gasteiger charge is -2.39. The van der Waals surface area contributed by atoms with Crippen LogP contribution in [0.3, 0.4) is 0 Å². The van der Waals surface area contributed by atoms with E-state index in [1.165, 1.54) is 12.1 Å². The van der Waals surface area contributed by atoms with Crippen molar-refractivity contribution in [2.75, 3.05) is 6.54 Å². The normalized spacial score (nSPS) is 21.8. The van der Waals surface area contributed by atoms with E-state index in [0.29, 0.717) is 5.56 Å². The maximum atomic E-state index is 13.6. The third-order valence-corrected chi connectivity index (χ3v) is 4.48. The van der Waals surface area contributed by atoms with Crippen LogP contribution in [0.1, 0.15) is 45.1 Å². The van der Waals surface area contributed by atoms with Gasteiger partial charge in [0.25, 0.3) is 0 Å².